The lowest BCUT2D eigenvalue weighted by molar-refractivity contribution is -0.134. The summed E-state index contributed by atoms with van der Waals surface area (Å²) >= 11 is 0. The van der Waals surface area contributed by atoms with E-state index in [-0.39, 0.29) is 5.91 Å². The van der Waals surface area contributed by atoms with Crippen LogP contribution >= 0.6 is 0 Å². The molecule has 1 heterocycles. The van der Waals surface area contributed by atoms with E-state index in [1.807, 2.05) is 4.90 Å². The third-order valence-electron chi connectivity index (χ3n) is 3.15. The fraction of sp³-hybridized carbons (Fsp3) is 0.750. The van der Waals surface area contributed by atoms with Gasteiger partial charge in [-0.2, -0.15) is 0 Å². The predicted octanol–water partition coefficient (Wildman–Crippen LogP) is 1.54. The molecule has 2 unspecified atom stereocenters. The summed E-state index contributed by atoms with van der Waals surface area (Å²) in [4.78, 5) is 13.8. The molecule has 0 aromatic heterocycles. The van der Waals surface area contributed by atoms with Gasteiger partial charge in [-0.05, 0) is 25.2 Å². The van der Waals surface area contributed by atoms with Gasteiger partial charge in [-0.15, -0.1) is 6.58 Å². The summed E-state index contributed by atoms with van der Waals surface area (Å²) in [7, 11) is 0. The first kappa shape index (κ1) is 12.2. The van der Waals surface area contributed by atoms with E-state index in [4.69, 9.17) is 5.73 Å². The van der Waals surface area contributed by atoms with Crippen molar-refractivity contribution >= 4 is 5.91 Å². The summed E-state index contributed by atoms with van der Waals surface area (Å²) in [6.45, 7) is 7.56. The zero-order valence-electron chi connectivity index (χ0n) is 9.61. The Morgan fingerprint density at radius 3 is 3.07 bits per heavy atom. The van der Waals surface area contributed by atoms with Gasteiger partial charge in [0.25, 0.3) is 0 Å². The molecule has 1 aliphatic heterocycles. The van der Waals surface area contributed by atoms with Crippen LogP contribution in [0.1, 0.15) is 32.6 Å². The molecule has 1 amide bonds. The largest absolute Gasteiger partial charge is 0.341 e. The Kier molecular flexibility index (Phi) is 4.82. The summed E-state index contributed by atoms with van der Waals surface area (Å²) in [5.41, 5.74) is 5.78. The first-order valence-corrected chi connectivity index (χ1v) is 5.84. The molecule has 0 aromatic rings. The second-order valence-electron chi connectivity index (χ2n) is 4.33. The van der Waals surface area contributed by atoms with Gasteiger partial charge in [-0.3, -0.25) is 4.79 Å². The number of amides is 1. The van der Waals surface area contributed by atoms with Gasteiger partial charge in [0, 0.05) is 13.1 Å². The lowest BCUT2D eigenvalue weighted by Gasteiger charge is -2.33. The maximum atomic E-state index is 11.9. The number of nitrogens with two attached hydrogens (primary N) is 1. The molecule has 2 atom stereocenters. The number of hydrogen-bond acceptors (Lipinski definition) is 2. The standard InChI is InChI=1S/C12H22N2O/c1-3-6-11(13)12(15)14-8-5-7-10(4-2)9-14/h3,10-11H,1,4-9,13H2,2H3. The average molecular weight is 210 g/mol. The number of rotatable bonds is 4. The second-order valence-corrected chi connectivity index (χ2v) is 4.33. The number of carbonyl (C=O) groups excluding carboxylic acids is 1. The minimum absolute atomic E-state index is 0.0908. The molecule has 0 spiro atoms. The van der Waals surface area contributed by atoms with Gasteiger partial charge in [0.2, 0.25) is 5.91 Å². The number of carbonyl (C=O) groups is 1. The summed E-state index contributed by atoms with van der Waals surface area (Å²) in [6, 6.07) is -0.391. The van der Waals surface area contributed by atoms with Gasteiger partial charge in [0.15, 0.2) is 0 Å². The van der Waals surface area contributed by atoms with Gasteiger partial charge < -0.3 is 10.6 Å². The highest BCUT2D eigenvalue weighted by molar-refractivity contribution is 5.81. The summed E-state index contributed by atoms with van der Waals surface area (Å²) in [5, 5.41) is 0. The van der Waals surface area contributed by atoms with E-state index >= 15 is 0 Å². The Hall–Kier alpha value is -0.830. The summed E-state index contributed by atoms with van der Waals surface area (Å²) < 4.78 is 0. The van der Waals surface area contributed by atoms with E-state index in [1.165, 1.54) is 6.42 Å². The van der Waals surface area contributed by atoms with Crippen LogP contribution in [0.5, 0.6) is 0 Å². The molecule has 3 nitrogen and oxygen atoms in total. The Labute approximate surface area is 92.3 Å². The third kappa shape index (κ3) is 3.34. The number of nitrogens with zero attached hydrogens (tertiary/aromatic N) is 1. The fourth-order valence-electron chi connectivity index (χ4n) is 2.11. The molecule has 0 saturated carbocycles. The number of hydrogen-bond donors (Lipinski definition) is 1. The van der Waals surface area contributed by atoms with Crippen molar-refractivity contribution in [2.75, 3.05) is 13.1 Å². The molecule has 0 bridgehead atoms. The summed E-state index contributed by atoms with van der Waals surface area (Å²) in [6.07, 6.45) is 5.80. The van der Waals surface area contributed by atoms with E-state index in [0.29, 0.717) is 12.3 Å². The fourth-order valence-corrected chi connectivity index (χ4v) is 2.11. The van der Waals surface area contributed by atoms with E-state index in [9.17, 15) is 4.79 Å². The van der Waals surface area contributed by atoms with Crippen LogP contribution in [0, 0.1) is 5.92 Å². The van der Waals surface area contributed by atoms with Gasteiger partial charge >= 0.3 is 0 Å². The topological polar surface area (TPSA) is 46.3 Å². The minimum Gasteiger partial charge on any atom is -0.341 e. The molecular weight excluding hydrogens is 188 g/mol. The van der Waals surface area contributed by atoms with Crippen molar-refractivity contribution in [3.05, 3.63) is 12.7 Å². The molecule has 1 saturated heterocycles. The first-order chi connectivity index (χ1) is 7.19. The number of piperidine rings is 1. The molecule has 0 aliphatic carbocycles. The van der Waals surface area contributed by atoms with Gasteiger partial charge in [-0.1, -0.05) is 19.4 Å². The smallest absolute Gasteiger partial charge is 0.239 e. The Bertz CT molecular complexity index is 228. The maximum Gasteiger partial charge on any atom is 0.239 e. The molecule has 0 radical (unpaired) electrons. The molecule has 1 aliphatic rings. The van der Waals surface area contributed by atoms with Crippen molar-refractivity contribution < 1.29 is 4.79 Å². The van der Waals surface area contributed by atoms with E-state index in [0.717, 1.165) is 25.9 Å². The van der Waals surface area contributed by atoms with Gasteiger partial charge in [0.05, 0.1) is 6.04 Å². The Balaban J connectivity index is 2.47. The molecule has 3 heteroatoms. The molecular formula is C12H22N2O. The van der Waals surface area contributed by atoms with Crippen LogP contribution in [0.15, 0.2) is 12.7 Å². The third-order valence-corrected chi connectivity index (χ3v) is 3.15. The van der Waals surface area contributed by atoms with Gasteiger partial charge in [0.1, 0.15) is 0 Å². The zero-order valence-corrected chi connectivity index (χ0v) is 9.61. The molecule has 86 valence electrons. The highest BCUT2D eigenvalue weighted by Crippen LogP contribution is 2.19. The maximum absolute atomic E-state index is 11.9. The highest BCUT2D eigenvalue weighted by atomic mass is 16.2. The second kappa shape index (κ2) is 5.91. The van der Waals surface area contributed by atoms with Crippen molar-refractivity contribution in [3.8, 4) is 0 Å². The monoisotopic (exact) mass is 210 g/mol. The molecule has 1 rings (SSSR count). The Morgan fingerprint density at radius 1 is 1.73 bits per heavy atom. The van der Waals surface area contributed by atoms with Crippen molar-refractivity contribution in [1.29, 1.82) is 0 Å². The minimum atomic E-state index is -0.391. The van der Waals surface area contributed by atoms with Crippen LogP contribution in [0.4, 0.5) is 0 Å². The van der Waals surface area contributed by atoms with Crippen molar-refractivity contribution in [2.24, 2.45) is 11.7 Å². The average Bonchev–Trinajstić information content (AvgIpc) is 2.28. The lowest BCUT2D eigenvalue weighted by Crippen LogP contribution is -2.47. The molecule has 2 N–H and O–H groups in total. The van der Waals surface area contributed by atoms with E-state index in [1.54, 1.807) is 6.08 Å². The van der Waals surface area contributed by atoms with Crippen LogP contribution in [-0.4, -0.2) is 29.9 Å². The zero-order chi connectivity index (χ0) is 11.3. The van der Waals surface area contributed by atoms with E-state index in [2.05, 4.69) is 13.5 Å². The van der Waals surface area contributed by atoms with Crippen LogP contribution in [0.2, 0.25) is 0 Å². The van der Waals surface area contributed by atoms with Crippen molar-refractivity contribution in [3.63, 3.8) is 0 Å². The van der Waals surface area contributed by atoms with Crippen LogP contribution in [-0.2, 0) is 4.79 Å². The quantitative estimate of drug-likeness (QED) is 0.715. The Morgan fingerprint density at radius 2 is 2.47 bits per heavy atom. The van der Waals surface area contributed by atoms with Crippen molar-refractivity contribution in [2.45, 2.75) is 38.6 Å². The van der Waals surface area contributed by atoms with Crippen molar-refractivity contribution in [1.82, 2.24) is 4.90 Å². The predicted molar refractivity (Wildman–Crippen MR) is 62.4 cm³/mol. The SMILES string of the molecule is C=CCC(N)C(=O)N1CCCC(CC)C1. The van der Waals surface area contributed by atoms with Crippen LogP contribution < -0.4 is 5.73 Å². The normalized spacial score (nSPS) is 23.6. The van der Waals surface area contributed by atoms with E-state index < -0.39 is 6.04 Å². The highest BCUT2D eigenvalue weighted by Gasteiger charge is 2.25. The molecule has 15 heavy (non-hydrogen) atoms. The van der Waals surface area contributed by atoms with Gasteiger partial charge in [-0.25, -0.2) is 0 Å². The van der Waals surface area contributed by atoms with Crippen LogP contribution in [0.25, 0.3) is 0 Å². The first-order valence-electron chi connectivity index (χ1n) is 5.84. The summed E-state index contributed by atoms with van der Waals surface area (Å²) in [5.74, 6) is 0.756. The molecule has 0 aromatic carbocycles. The lowest BCUT2D eigenvalue weighted by atomic mass is 9.95. The van der Waals surface area contributed by atoms with Crippen LogP contribution in [0.3, 0.4) is 0 Å². The number of likely N-dealkylation sites (tertiary alicyclic amines) is 1. The molecule has 1 fully saturated rings.